The molecular weight excluding hydrogens is 444 g/mol. The van der Waals surface area contributed by atoms with Gasteiger partial charge in [-0.1, -0.05) is 35.9 Å². The molecule has 33 heavy (non-hydrogen) atoms. The Morgan fingerprint density at radius 2 is 1.85 bits per heavy atom. The van der Waals surface area contributed by atoms with Crippen molar-refractivity contribution in [2.45, 2.75) is 31.2 Å². The number of urea groups is 1. The van der Waals surface area contributed by atoms with Crippen LogP contribution in [-0.4, -0.2) is 40.6 Å². The molecule has 10 heteroatoms. The number of carbonyl (C=O) groups excluding carboxylic acids is 2. The van der Waals surface area contributed by atoms with Gasteiger partial charge in [-0.25, -0.2) is 23.1 Å². The molecule has 5 N–H and O–H groups in total. The Kier molecular flexibility index (Phi) is 7.52. The monoisotopic (exact) mass is 472 g/mol. The Labute approximate surface area is 193 Å². The lowest BCUT2D eigenvalue weighted by molar-refractivity contribution is -0.136. The second-order valence-electron chi connectivity index (χ2n) is 7.89. The van der Waals surface area contributed by atoms with Crippen molar-refractivity contribution in [2.24, 2.45) is 5.14 Å². The number of nitrogens with one attached hydrogen (secondary N) is 3. The Bertz CT molecular complexity index is 1190. The number of sulfonamides is 1. The molecule has 0 aromatic heterocycles. The van der Waals surface area contributed by atoms with Gasteiger partial charge in [0.1, 0.15) is 0 Å². The summed E-state index contributed by atoms with van der Waals surface area (Å²) in [6, 6.07) is 11.2. The van der Waals surface area contributed by atoms with Gasteiger partial charge in [-0.05, 0) is 55.6 Å². The van der Waals surface area contributed by atoms with Crippen LogP contribution in [0.3, 0.4) is 0 Å². The number of ether oxygens (including phenoxy) is 1. The molecule has 2 amide bonds. The normalized spacial score (nSPS) is 16.2. The predicted octanol–water partition coefficient (Wildman–Crippen LogP) is 1.56. The molecular formula is C23H28N4O5S. The van der Waals surface area contributed by atoms with Gasteiger partial charge in [-0.15, -0.1) is 0 Å². The molecule has 0 radical (unpaired) electrons. The fourth-order valence-electron chi connectivity index (χ4n) is 3.70. The van der Waals surface area contributed by atoms with E-state index >= 15 is 0 Å². The molecule has 0 bridgehead atoms. The number of benzene rings is 2. The van der Waals surface area contributed by atoms with Crippen molar-refractivity contribution in [1.29, 1.82) is 0 Å². The third-order valence-electron chi connectivity index (χ3n) is 5.45. The lowest BCUT2D eigenvalue weighted by Gasteiger charge is -2.30. The Morgan fingerprint density at radius 3 is 2.48 bits per heavy atom. The van der Waals surface area contributed by atoms with Crippen LogP contribution in [0, 0.1) is 13.8 Å². The number of rotatable bonds is 8. The number of aryl methyl sites for hydroxylation is 2. The van der Waals surface area contributed by atoms with E-state index in [0.717, 1.165) is 22.3 Å². The molecule has 1 atom stereocenters. The number of hydrogen-bond donors (Lipinski definition) is 4. The summed E-state index contributed by atoms with van der Waals surface area (Å²) in [7, 11) is -2.42. The van der Waals surface area contributed by atoms with Crippen molar-refractivity contribution in [2.75, 3.05) is 20.2 Å². The van der Waals surface area contributed by atoms with E-state index in [4.69, 9.17) is 9.88 Å². The highest BCUT2D eigenvalue weighted by Crippen LogP contribution is 2.30. The first-order valence-corrected chi connectivity index (χ1v) is 11.9. The van der Waals surface area contributed by atoms with Crippen LogP contribution in [0.2, 0.25) is 0 Å². The zero-order valence-corrected chi connectivity index (χ0v) is 19.6. The van der Waals surface area contributed by atoms with E-state index < -0.39 is 28.1 Å². The van der Waals surface area contributed by atoms with Gasteiger partial charge in [0.25, 0.3) is 0 Å². The molecule has 2 aromatic carbocycles. The maximum atomic E-state index is 12.7. The average molecular weight is 473 g/mol. The molecule has 0 fully saturated rings. The maximum Gasteiger partial charge on any atom is 0.338 e. The number of methoxy groups -OCH3 is 1. The number of carbonyl (C=O) groups is 2. The zero-order valence-electron chi connectivity index (χ0n) is 18.8. The van der Waals surface area contributed by atoms with Crippen LogP contribution >= 0.6 is 0 Å². The average Bonchev–Trinajstić information content (AvgIpc) is 2.77. The first-order chi connectivity index (χ1) is 15.6. The zero-order chi connectivity index (χ0) is 24.2. The molecule has 3 rings (SSSR count). The van der Waals surface area contributed by atoms with Crippen LogP contribution in [0.5, 0.6) is 0 Å². The topological polar surface area (TPSA) is 140 Å². The summed E-state index contributed by atoms with van der Waals surface area (Å²) in [5.74, 6) is -0.524. The van der Waals surface area contributed by atoms with Crippen molar-refractivity contribution in [1.82, 2.24) is 16.0 Å². The maximum absolute atomic E-state index is 12.7. The largest absolute Gasteiger partial charge is 0.466 e. The van der Waals surface area contributed by atoms with E-state index in [0.29, 0.717) is 24.2 Å². The van der Waals surface area contributed by atoms with Crippen LogP contribution in [0.4, 0.5) is 4.79 Å². The standard InChI is InChI=1S/C23H28N4O5S/c1-14-4-5-15(2)18(12-14)21-20(22(28)32-3)19(26-23(29)27-21)13-25-11-10-16-6-8-17(9-7-16)33(24,30)31/h4-9,12,21,25H,10-11,13H2,1-3H3,(H2,24,30,31)(H2,26,27,29)/t21-/m0/s1. The summed E-state index contributed by atoms with van der Waals surface area (Å²) >= 11 is 0. The van der Waals surface area contributed by atoms with Gasteiger partial charge in [0.05, 0.1) is 23.6 Å². The quantitative estimate of drug-likeness (QED) is 0.340. The molecule has 0 spiro atoms. The van der Waals surface area contributed by atoms with E-state index in [2.05, 4.69) is 16.0 Å². The highest BCUT2D eigenvalue weighted by Gasteiger charge is 2.34. The van der Waals surface area contributed by atoms with Crippen LogP contribution < -0.4 is 21.1 Å². The Morgan fingerprint density at radius 1 is 1.15 bits per heavy atom. The number of primary sulfonamides is 1. The van der Waals surface area contributed by atoms with Crippen molar-refractivity contribution >= 4 is 22.0 Å². The van der Waals surface area contributed by atoms with E-state index in [1.807, 2.05) is 32.0 Å². The molecule has 0 saturated carbocycles. The van der Waals surface area contributed by atoms with E-state index in [1.165, 1.54) is 19.2 Å². The minimum absolute atomic E-state index is 0.0574. The Balaban J connectivity index is 1.77. The summed E-state index contributed by atoms with van der Waals surface area (Å²) in [4.78, 5) is 25.1. The van der Waals surface area contributed by atoms with Gasteiger partial charge < -0.3 is 20.7 Å². The second-order valence-corrected chi connectivity index (χ2v) is 9.45. The number of esters is 1. The van der Waals surface area contributed by atoms with Gasteiger partial charge in [-0.3, -0.25) is 0 Å². The van der Waals surface area contributed by atoms with Gasteiger partial charge in [0.2, 0.25) is 10.0 Å². The van der Waals surface area contributed by atoms with Crippen LogP contribution in [0.15, 0.2) is 58.6 Å². The first-order valence-electron chi connectivity index (χ1n) is 10.4. The summed E-state index contributed by atoms with van der Waals surface area (Å²) < 4.78 is 27.8. The molecule has 2 aromatic rings. The van der Waals surface area contributed by atoms with Crippen molar-refractivity contribution < 1.29 is 22.7 Å². The third-order valence-corrected chi connectivity index (χ3v) is 6.38. The van der Waals surface area contributed by atoms with Gasteiger partial charge in [0.15, 0.2) is 0 Å². The first kappa shape index (κ1) is 24.4. The highest BCUT2D eigenvalue weighted by atomic mass is 32.2. The lowest BCUT2D eigenvalue weighted by atomic mass is 9.91. The smallest absolute Gasteiger partial charge is 0.338 e. The van der Waals surface area contributed by atoms with E-state index in [1.54, 1.807) is 12.1 Å². The summed E-state index contributed by atoms with van der Waals surface area (Å²) in [6.07, 6.45) is 0.609. The molecule has 176 valence electrons. The summed E-state index contributed by atoms with van der Waals surface area (Å²) in [5, 5.41) is 13.9. The molecule has 0 saturated heterocycles. The number of amides is 2. The van der Waals surface area contributed by atoms with Crippen LogP contribution in [0.25, 0.3) is 0 Å². The second kappa shape index (κ2) is 10.2. The SMILES string of the molecule is COC(=O)C1=C(CNCCc2ccc(S(N)(=O)=O)cc2)NC(=O)N[C@H]1c1cc(C)ccc1C. The van der Waals surface area contributed by atoms with Gasteiger partial charge in [0, 0.05) is 12.2 Å². The fraction of sp³-hybridized carbons (Fsp3) is 0.304. The lowest BCUT2D eigenvalue weighted by Crippen LogP contribution is -2.48. The molecule has 1 aliphatic heterocycles. The minimum atomic E-state index is -3.73. The highest BCUT2D eigenvalue weighted by molar-refractivity contribution is 7.89. The minimum Gasteiger partial charge on any atom is -0.466 e. The number of hydrogen-bond acceptors (Lipinski definition) is 6. The third kappa shape index (κ3) is 5.98. The summed E-state index contributed by atoms with van der Waals surface area (Å²) in [5.41, 5.74) is 4.50. The summed E-state index contributed by atoms with van der Waals surface area (Å²) in [6.45, 7) is 4.65. The van der Waals surface area contributed by atoms with Crippen LogP contribution in [0.1, 0.15) is 28.3 Å². The molecule has 1 aliphatic rings. The fourth-order valence-corrected chi connectivity index (χ4v) is 4.22. The predicted molar refractivity (Wildman–Crippen MR) is 124 cm³/mol. The Hall–Kier alpha value is -3.21. The van der Waals surface area contributed by atoms with Gasteiger partial charge >= 0.3 is 12.0 Å². The molecule has 0 unspecified atom stereocenters. The number of nitrogens with two attached hydrogens (primary N) is 1. The van der Waals surface area contributed by atoms with Gasteiger partial charge in [-0.2, -0.15) is 0 Å². The molecule has 9 nitrogen and oxygen atoms in total. The molecule has 0 aliphatic carbocycles. The van der Waals surface area contributed by atoms with E-state index in [-0.39, 0.29) is 11.4 Å². The van der Waals surface area contributed by atoms with Crippen molar-refractivity contribution in [3.63, 3.8) is 0 Å². The van der Waals surface area contributed by atoms with Crippen LogP contribution in [-0.2, 0) is 26.0 Å². The molecule has 1 heterocycles. The van der Waals surface area contributed by atoms with Crippen molar-refractivity contribution in [3.8, 4) is 0 Å². The van der Waals surface area contributed by atoms with Crippen molar-refractivity contribution in [3.05, 3.63) is 76.0 Å². The van der Waals surface area contributed by atoms with E-state index in [9.17, 15) is 18.0 Å².